The molecule has 1 N–H and O–H groups in total. The maximum atomic E-state index is 11.8. The van der Waals surface area contributed by atoms with Crippen LogP contribution in [0.5, 0.6) is 0 Å². The second-order valence-corrected chi connectivity index (χ2v) is 5.49. The Morgan fingerprint density at radius 3 is 2.47 bits per heavy atom. The Morgan fingerprint density at radius 2 is 1.87 bits per heavy atom. The number of alkyl halides is 1. The van der Waals surface area contributed by atoms with Gasteiger partial charge in [0.15, 0.2) is 0 Å². The molecule has 3 heteroatoms. The van der Waals surface area contributed by atoms with Crippen molar-refractivity contribution in [2.24, 2.45) is 11.8 Å². The number of hydrogen-bond donors (Lipinski definition) is 1. The van der Waals surface area contributed by atoms with E-state index >= 15 is 0 Å². The molecule has 2 unspecified atom stereocenters. The third kappa shape index (κ3) is 2.87. The van der Waals surface area contributed by atoms with Gasteiger partial charge in [-0.1, -0.05) is 19.3 Å². The average molecular weight is 230 g/mol. The minimum atomic E-state index is 0.267. The molecule has 0 spiro atoms. The van der Waals surface area contributed by atoms with Gasteiger partial charge in [-0.2, -0.15) is 0 Å². The van der Waals surface area contributed by atoms with Crippen molar-refractivity contribution >= 4 is 17.5 Å². The Balaban J connectivity index is 1.70. The molecule has 2 aliphatic carbocycles. The highest BCUT2D eigenvalue weighted by Gasteiger charge is 2.27. The SMILES string of the molecule is O=C(NCC1CCCC1Cl)C1CCCC1. The van der Waals surface area contributed by atoms with Crippen LogP contribution in [0.25, 0.3) is 0 Å². The Kier molecular flexibility index (Phi) is 3.90. The van der Waals surface area contributed by atoms with Crippen LogP contribution in [-0.2, 0) is 4.79 Å². The van der Waals surface area contributed by atoms with Gasteiger partial charge in [-0.05, 0) is 31.6 Å². The Morgan fingerprint density at radius 1 is 1.13 bits per heavy atom. The molecule has 86 valence electrons. The summed E-state index contributed by atoms with van der Waals surface area (Å²) in [4.78, 5) is 11.8. The van der Waals surface area contributed by atoms with Gasteiger partial charge in [0.2, 0.25) is 5.91 Å². The highest BCUT2D eigenvalue weighted by molar-refractivity contribution is 6.20. The lowest BCUT2D eigenvalue weighted by Gasteiger charge is -2.16. The second kappa shape index (κ2) is 5.20. The molecule has 2 rings (SSSR count). The van der Waals surface area contributed by atoms with Crippen molar-refractivity contribution < 1.29 is 4.79 Å². The van der Waals surface area contributed by atoms with Crippen molar-refractivity contribution in [2.45, 2.75) is 50.3 Å². The van der Waals surface area contributed by atoms with Gasteiger partial charge in [-0.3, -0.25) is 4.79 Å². The fourth-order valence-electron chi connectivity index (χ4n) is 2.79. The average Bonchev–Trinajstić information content (AvgIpc) is 2.85. The first-order valence-corrected chi connectivity index (χ1v) is 6.63. The minimum Gasteiger partial charge on any atom is -0.356 e. The number of carbonyl (C=O) groups is 1. The van der Waals surface area contributed by atoms with Gasteiger partial charge in [0.25, 0.3) is 0 Å². The number of carbonyl (C=O) groups excluding carboxylic acids is 1. The molecule has 0 saturated heterocycles. The van der Waals surface area contributed by atoms with Crippen LogP contribution in [0.1, 0.15) is 44.9 Å². The third-order valence-corrected chi connectivity index (χ3v) is 4.41. The molecule has 0 aromatic rings. The second-order valence-electron chi connectivity index (χ2n) is 4.93. The molecule has 0 bridgehead atoms. The molecule has 2 atom stereocenters. The Bertz CT molecular complexity index is 226. The van der Waals surface area contributed by atoms with Crippen LogP contribution in [0.3, 0.4) is 0 Å². The number of rotatable bonds is 3. The summed E-state index contributed by atoms with van der Waals surface area (Å²) in [7, 11) is 0. The number of amides is 1. The monoisotopic (exact) mass is 229 g/mol. The van der Waals surface area contributed by atoms with Crippen LogP contribution < -0.4 is 5.32 Å². The van der Waals surface area contributed by atoms with Gasteiger partial charge < -0.3 is 5.32 Å². The van der Waals surface area contributed by atoms with E-state index in [9.17, 15) is 4.79 Å². The first-order valence-electron chi connectivity index (χ1n) is 6.19. The van der Waals surface area contributed by atoms with Gasteiger partial charge in [0.05, 0.1) is 0 Å². The Hall–Kier alpha value is -0.240. The van der Waals surface area contributed by atoms with E-state index in [0.717, 1.165) is 25.8 Å². The fourth-order valence-corrected chi connectivity index (χ4v) is 3.15. The zero-order valence-electron chi connectivity index (χ0n) is 9.18. The summed E-state index contributed by atoms with van der Waals surface area (Å²) in [5.74, 6) is 1.07. The van der Waals surface area contributed by atoms with Gasteiger partial charge in [0, 0.05) is 17.8 Å². The van der Waals surface area contributed by atoms with Crippen LogP contribution in [0.2, 0.25) is 0 Å². The van der Waals surface area contributed by atoms with Crippen molar-refractivity contribution in [2.75, 3.05) is 6.54 Å². The first kappa shape index (κ1) is 11.3. The zero-order valence-corrected chi connectivity index (χ0v) is 9.93. The van der Waals surface area contributed by atoms with Crippen LogP contribution in [-0.4, -0.2) is 17.8 Å². The minimum absolute atomic E-state index is 0.267. The molecule has 15 heavy (non-hydrogen) atoms. The van der Waals surface area contributed by atoms with E-state index in [4.69, 9.17) is 11.6 Å². The van der Waals surface area contributed by atoms with Crippen LogP contribution in [0.4, 0.5) is 0 Å². The molecule has 0 aromatic heterocycles. The maximum absolute atomic E-state index is 11.8. The molecular formula is C12H20ClNO. The molecule has 0 radical (unpaired) electrons. The van der Waals surface area contributed by atoms with Gasteiger partial charge in [-0.15, -0.1) is 11.6 Å². The molecule has 2 aliphatic rings. The predicted molar refractivity (Wildman–Crippen MR) is 61.9 cm³/mol. The van der Waals surface area contributed by atoms with Crippen LogP contribution >= 0.6 is 11.6 Å². The van der Waals surface area contributed by atoms with E-state index in [1.807, 2.05) is 0 Å². The normalized spacial score (nSPS) is 32.1. The molecule has 2 saturated carbocycles. The quantitative estimate of drug-likeness (QED) is 0.741. The molecule has 0 aromatic carbocycles. The van der Waals surface area contributed by atoms with Gasteiger partial charge in [0.1, 0.15) is 0 Å². The van der Waals surface area contributed by atoms with Crippen LogP contribution in [0.15, 0.2) is 0 Å². The van der Waals surface area contributed by atoms with E-state index < -0.39 is 0 Å². The van der Waals surface area contributed by atoms with E-state index in [0.29, 0.717) is 11.8 Å². The van der Waals surface area contributed by atoms with Gasteiger partial charge in [-0.25, -0.2) is 0 Å². The van der Waals surface area contributed by atoms with Crippen molar-refractivity contribution in [3.63, 3.8) is 0 Å². The van der Waals surface area contributed by atoms with E-state index in [-0.39, 0.29) is 11.3 Å². The third-order valence-electron chi connectivity index (χ3n) is 3.83. The smallest absolute Gasteiger partial charge is 0.223 e. The molecular weight excluding hydrogens is 210 g/mol. The number of hydrogen-bond acceptors (Lipinski definition) is 1. The van der Waals surface area contributed by atoms with E-state index in [2.05, 4.69) is 5.32 Å². The summed E-state index contributed by atoms with van der Waals surface area (Å²) in [6.45, 7) is 0.795. The summed E-state index contributed by atoms with van der Waals surface area (Å²) >= 11 is 6.17. The van der Waals surface area contributed by atoms with Crippen molar-refractivity contribution in [1.82, 2.24) is 5.32 Å². The zero-order chi connectivity index (χ0) is 10.7. The standard InChI is InChI=1S/C12H20ClNO/c13-11-7-3-6-10(11)8-14-12(15)9-4-1-2-5-9/h9-11H,1-8H2,(H,14,15). The molecule has 0 aliphatic heterocycles. The van der Waals surface area contributed by atoms with E-state index in [1.165, 1.54) is 25.7 Å². The highest BCUT2D eigenvalue weighted by atomic mass is 35.5. The first-order chi connectivity index (χ1) is 7.27. The molecule has 2 fully saturated rings. The summed E-state index contributed by atoms with van der Waals surface area (Å²) in [6, 6.07) is 0. The summed E-state index contributed by atoms with van der Waals surface area (Å²) < 4.78 is 0. The van der Waals surface area contributed by atoms with Crippen molar-refractivity contribution in [3.8, 4) is 0 Å². The molecule has 1 amide bonds. The fraction of sp³-hybridized carbons (Fsp3) is 0.917. The lowest BCUT2D eigenvalue weighted by atomic mass is 10.1. The van der Waals surface area contributed by atoms with E-state index in [1.54, 1.807) is 0 Å². The lowest BCUT2D eigenvalue weighted by molar-refractivity contribution is -0.124. The highest BCUT2D eigenvalue weighted by Crippen LogP contribution is 2.30. The number of halogens is 1. The predicted octanol–water partition coefficient (Wildman–Crippen LogP) is 2.70. The number of nitrogens with one attached hydrogen (secondary N) is 1. The summed E-state index contributed by atoms with van der Waals surface area (Å²) in [5.41, 5.74) is 0. The largest absolute Gasteiger partial charge is 0.356 e. The lowest BCUT2D eigenvalue weighted by Crippen LogP contribution is -2.34. The molecule has 2 nitrogen and oxygen atoms in total. The van der Waals surface area contributed by atoms with Crippen LogP contribution in [0, 0.1) is 11.8 Å². The van der Waals surface area contributed by atoms with Gasteiger partial charge >= 0.3 is 0 Å². The van der Waals surface area contributed by atoms with Crippen molar-refractivity contribution in [1.29, 1.82) is 0 Å². The Labute approximate surface area is 96.8 Å². The summed E-state index contributed by atoms with van der Waals surface area (Å²) in [5, 5.41) is 3.36. The molecule has 0 heterocycles. The van der Waals surface area contributed by atoms with Crippen molar-refractivity contribution in [3.05, 3.63) is 0 Å². The topological polar surface area (TPSA) is 29.1 Å². The summed E-state index contributed by atoms with van der Waals surface area (Å²) in [6.07, 6.45) is 8.13. The maximum Gasteiger partial charge on any atom is 0.223 e.